The monoisotopic (exact) mass is 440 g/mol. The van der Waals surface area contributed by atoms with Crippen LogP contribution in [0, 0.1) is 17.5 Å². The Morgan fingerprint density at radius 1 is 0.968 bits per heavy atom. The molecular formula is C23H15F3N2O2S. The topological polar surface area (TPSA) is 52.0 Å². The first-order valence-corrected chi connectivity index (χ1v) is 10.2. The van der Waals surface area contributed by atoms with Crippen molar-refractivity contribution < 1.29 is 18.0 Å². The third-order valence-electron chi connectivity index (χ3n) is 4.68. The number of carbonyl (C=O) groups excluding carboxylic acids is 1. The lowest BCUT2D eigenvalue weighted by molar-refractivity contribution is 0.0990. The summed E-state index contributed by atoms with van der Waals surface area (Å²) in [6, 6.07) is 14.8. The van der Waals surface area contributed by atoms with Gasteiger partial charge in [-0.3, -0.25) is 14.2 Å². The smallest absolute Gasteiger partial charge is 0.266 e. The minimum atomic E-state index is -0.958. The Hall–Kier alpha value is -3.39. The molecule has 8 heteroatoms. The summed E-state index contributed by atoms with van der Waals surface area (Å²) >= 11 is 0.962. The van der Waals surface area contributed by atoms with Crippen LogP contribution in [-0.4, -0.2) is 20.6 Å². The molecule has 31 heavy (non-hydrogen) atoms. The Morgan fingerprint density at radius 2 is 1.65 bits per heavy atom. The summed E-state index contributed by atoms with van der Waals surface area (Å²) in [5, 5.41) is -0.280. The van der Waals surface area contributed by atoms with Crippen LogP contribution in [0.3, 0.4) is 0 Å². The van der Waals surface area contributed by atoms with Gasteiger partial charge in [0.05, 0.1) is 27.4 Å². The van der Waals surface area contributed by atoms with Crippen LogP contribution in [0.1, 0.15) is 17.3 Å². The van der Waals surface area contributed by atoms with E-state index in [4.69, 9.17) is 0 Å². The second kappa shape index (κ2) is 8.39. The molecule has 0 amide bonds. The second-order valence-electron chi connectivity index (χ2n) is 6.78. The molecule has 1 atom stereocenters. The molecule has 0 spiro atoms. The number of thioether (sulfide) groups is 1. The SMILES string of the molecule is CC(Sc1nc2ccccc2c(=O)n1-c1ccc(F)cc1)C(=O)c1ccc(F)cc1F. The minimum Gasteiger partial charge on any atom is -0.293 e. The van der Waals surface area contributed by atoms with Crippen molar-refractivity contribution >= 4 is 28.4 Å². The maximum absolute atomic E-state index is 14.1. The highest BCUT2D eigenvalue weighted by Gasteiger charge is 2.23. The van der Waals surface area contributed by atoms with Crippen molar-refractivity contribution in [3.8, 4) is 5.69 Å². The van der Waals surface area contributed by atoms with E-state index in [1.54, 1.807) is 31.2 Å². The van der Waals surface area contributed by atoms with E-state index in [1.165, 1.54) is 28.8 Å². The largest absolute Gasteiger partial charge is 0.293 e. The van der Waals surface area contributed by atoms with Crippen LogP contribution in [0.5, 0.6) is 0 Å². The van der Waals surface area contributed by atoms with E-state index in [-0.39, 0.29) is 16.3 Å². The molecule has 0 saturated carbocycles. The van der Waals surface area contributed by atoms with E-state index >= 15 is 0 Å². The van der Waals surface area contributed by atoms with Crippen molar-refractivity contribution in [2.45, 2.75) is 17.3 Å². The van der Waals surface area contributed by atoms with Crippen molar-refractivity contribution in [2.75, 3.05) is 0 Å². The molecule has 4 aromatic rings. The number of nitrogens with zero attached hydrogens (tertiary/aromatic N) is 2. The Labute approximate surface area is 179 Å². The predicted octanol–water partition coefficient (Wildman–Crippen LogP) is 5.17. The molecule has 0 saturated heterocycles. The summed E-state index contributed by atoms with van der Waals surface area (Å²) in [7, 11) is 0. The van der Waals surface area contributed by atoms with Crippen molar-refractivity contribution in [1.82, 2.24) is 9.55 Å². The number of ketones is 1. The summed E-state index contributed by atoms with van der Waals surface area (Å²) in [6.45, 7) is 1.55. The Kier molecular flexibility index (Phi) is 5.65. The van der Waals surface area contributed by atoms with E-state index < -0.39 is 28.5 Å². The summed E-state index contributed by atoms with van der Waals surface area (Å²) in [6.07, 6.45) is 0. The number of Topliss-reactive ketones (excluding diaryl/α,β-unsaturated/α-hetero) is 1. The molecule has 1 heterocycles. The number of para-hydroxylation sites is 1. The third-order valence-corrected chi connectivity index (χ3v) is 5.73. The molecule has 0 aliphatic carbocycles. The average molecular weight is 440 g/mol. The van der Waals surface area contributed by atoms with E-state index in [0.29, 0.717) is 22.7 Å². The van der Waals surface area contributed by atoms with Crippen LogP contribution in [0.4, 0.5) is 13.2 Å². The normalized spacial score (nSPS) is 12.1. The van der Waals surface area contributed by atoms with Gasteiger partial charge in [-0.2, -0.15) is 0 Å². The molecular weight excluding hydrogens is 425 g/mol. The lowest BCUT2D eigenvalue weighted by Crippen LogP contribution is -2.24. The summed E-state index contributed by atoms with van der Waals surface area (Å²) in [5.41, 5.74) is 0.172. The van der Waals surface area contributed by atoms with Gasteiger partial charge in [0, 0.05) is 6.07 Å². The van der Waals surface area contributed by atoms with Crippen LogP contribution < -0.4 is 5.56 Å². The fourth-order valence-electron chi connectivity index (χ4n) is 3.13. The predicted molar refractivity (Wildman–Crippen MR) is 113 cm³/mol. The molecule has 0 aliphatic heterocycles. The summed E-state index contributed by atoms with van der Waals surface area (Å²) < 4.78 is 42.0. The molecule has 4 rings (SSSR count). The Bertz CT molecular complexity index is 1350. The zero-order valence-corrected chi connectivity index (χ0v) is 17.0. The van der Waals surface area contributed by atoms with E-state index in [2.05, 4.69) is 4.98 Å². The zero-order valence-electron chi connectivity index (χ0n) is 16.2. The molecule has 1 unspecified atom stereocenters. The average Bonchev–Trinajstić information content (AvgIpc) is 2.74. The number of fused-ring (bicyclic) bond motifs is 1. The van der Waals surface area contributed by atoms with Gasteiger partial charge in [0.1, 0.15) is 17.5 Å². The Balaban J connectivity index is 1.80. The van der Waals surface area contributed by atoms with E-state index in [9.17, 15) is 22.8 Å². The lowest BCUT2D eigenvalue weighted by atomic mass is 10.1. The first-order valence-electron chi connectivity index (χ1n) is 9.29. The van der Waals surface area contributed by atoms with Gasteiger partial charge in [0.2, 0.25) is 0 Å². The number of hydrogen-bond donors (Lipinski definition) is 0. The lowest BCUT2D eigenvalue weighted by Gasteiger charge is -2.16. The van der Waals surface area contributed by atoms with Crippen molar-refractivity contribution in [3.63, 3.8) is 0 Å². The fraction of sp³-hybridized carbons (Fsp3) is 0.0870. The van der Waals surface area contributed by atoms with E-state index in [1.807, 2.05) is 0 Å². The number of rotatable bonds is 5. The van der Waals surface area contributed by atoms with Gasteiger partial charge in [0.15, 0.2) is 10.9 Å². The van der Waals surface area contributed by atoms with Gasteiger partial charge in [-0.1, -0.05) is 23.9 Å². The zero-order chi connectivity index (χ0) is 22.1. The quantitative estimate of drug-likeness (QED) is 0.244. The fourth-order valence-corrected chi connectivity index (χ4v) is 4.12. The standard InChI is InChI=1S/C23H15F3N2O2S/c1-13(21(29)17-11-8-15(25)12-19(17)26)31-23-27-20-5-3-2-4-18(20)22(30)28(23)16-9-6-14(24)7-10-16/h2-13H,1H3. The first kappa shape index (κ1) is 20.9. The highest BCUT2D eigenvalue weighted by atomic mass is 32.2. The molecule has 0 aliphatic rings. The number of benzene rings is 3. The number of halogens is 3. The molecule has 0 N–H and O–H groups in total. The number of carbonyl (C=O) groups is 1. The summed E-state index contributed by atoms with van der Waals surface area (Å²) in [5.74, 6) is -2.78. The minimum absolute atomic E-state index is 0.193. The molecule has 0 radical (unpaired) electrons. The van der Waals surface area contributed by atoms with Crippen LogP contribution in [0.25, 0.3) is 16.6 Å². The summed E-state index contributed by atoms with van der Waals surface area (Å²) in [4.78, 5) is 30.5. The van der Waals surface area contributed by atoms with Gasteiger partial charge in [-0.25, -0.2) is 18.2 Å². The van der Waals surface area contributed by atoms with Gasteiger partial charge in [-0.15, -0.1) is 0 Å². The van der Waals surface area contributed by atoms with Gasteiger partial charge < -0.3 is 0 Å². The number of hydrogen-bond acceptors (Lipinski definition) is 4. The second-order valence-corrected chi connectivity index (χ2v) is 8.08. The maximum atomic E-state index is 14.1. The highest BCUT2D eigenvalue weighted by Crippen LogP contribution is 2.28. The van der Waals surface area contributed by atoms with E-state index in [0.717, 1.165) is 23.9 Å². The molecule has 0 fully saturated rings. The molecule has 156 valence electrons. The molecule has 1 aromatic heterocycles. The van der Waals surface area contributed by atoms with Crippen LogP contribution in [-0.2, 0) is 0 Å². The molecule has 4 nitrogen and oxygen atoms in total. The van der Waals surface area contributed by atoms with Crippen molar-refractivity contribution in [1.29, 1.82) is 0 Å². The Morgan fingerprint density at radius 3 is 2.35 bits per heavy atom. The molecule has 3 aromatic carbocycles. The third kappa shape index (κ3) is 4.11. The maximum Gasteiger partial charge on any atom is 0.266 e. The van der Waals surface area contributed by atoms with Crippen molar-refractivity contribution in [2.24, 2.45) is 0 Å². The first-order chi connectivity index (χ1) is 14.8. The van der Waals surface area contributed by atoms with Crippen LogP contribution >= 0.6 is 11.8 Å². The number of aromatic nitrogens is 2. The van der Waals surface area contributed by atoms with Crippen molar-refractivity contribution in [3.05, 3.63) is 100 Å². The van der Waals surface area contributed by atoms with Gasteiger partial charge in [-0.05, 0) is 55.5 Å². The van der Waals surface area contributed by atoms with Gasteiger partial charge >= 0.3 is 0 Å². The molecule has 0 bridgehead atoms. The van der Waals surface area contributed by atoms with Crippen LogP contribution in [0.2, 0.25) is 0 Å². The van der Waals surface area contributed by atoms with Gasteiger partial charge in [0.25, 0.3) is 5.56 Å². The van der Waals surface area contributed by atoms with Crippen LogP contribution in [0.15, 0.2) is 76.7 Å². The highest BCUT2D eigenvalue weighted by molar-refractivity contribution is 8.00.